The number of nitrogens with zero attached hydrogens (tertiary/aromatic N) is 1. The molecule has 7 nitrogen and oxygen atoms in total. The lowest BCUT2D eigenvalue weighted by molar-refractivity contribution is -0.139. The molecular weight excluding hydrogens is 358 g/mol. The highest BCUT2D eigenvalue weighted by Crippen LogP contribution is 2.22. The van der Waals surface area contributed by atoms with Crippen LogP contribution in [0.2, 0.25) is 0 Å². The molecule has 7 heteroatoms. The topological polar surface area (TPSA) is 87.7 Å². The van der Waals surface area contributed by atoms with E-state index in [2.05, 4.69) is 20.3 Å². The minimum absolute atomic E-state index is 0.0886. The molecule has 3 rings (SSSR count). The van der Waals surface area contributed by atoms with E-state index >= 15 is 0 Å². The summed E-state index contributed by atoms with van der Waals surface area (Å²) >= 11 is 0. The van der Waals surface area contributed by atoms with Crippen molar-refractivity contribution in [2.24, 2.45) is 0 Å². The maximum atomic E-state index is 12.6. The number of likely N-dealkylation sites (tertiary alicyclic amines) is 1. The summed E-state index contributed by atoms with van der Waals surface area (Å²) in [5.74, 6) is -1.02. The van der Waals surface area contributed by atoms with Gasteiger partial charge in [-0.1, -0.05) is 36.4 Å². The van der Waals surface area contributed by atoms with E-state index in [1.165, 1.54) is 12.7 Å². The van der Waals surface area contributed by atoms with E-state index < -0.39 is 11.9 Å². The number of hydrogen-bond donors (Lipinski definition) is 2. The molecule has 2 amide bonds. The molecular formula is C21H23N3O4. The minimum atomic E-state index is -0.527. The highest BCUT2D eigenvalue weighted by Gasteiger charge is 2.33. The Bertz CT molecular complexity index is 854. The van der Waals surface area contributed by atoms with Crippen LogP contribution in [0, 0.1) is 0 Å². The van der Waals surface area contributed by atoms with Gasteiger partial charge in [-0.3, -0.25) is 19.3 Å². The SMILES string of the molecule is COC(=O)CNC(=O)c1cccc(NC(=O)[C@@H]2CCN2Cc2ccccc2)c1. The summed E-state index contributed by atoms with van der Waals surface area (Å²) in [4.78, 5) is 38.0. The Morgan fingerprint density at radius 3 is 2.57 bits per heavy atom. The van der Waals surface area contributed by atoms with Gasteiger partial charge in [0.1, 0.15) is 6.54 Å². The second kappa shape index (κ2) is 9.14. The molecule has 0 aromatic heterocycles. The van der Waals surface area contributed by atoms with Gasteiger partial charge in [0.2, 0.25) is 5.91 Å². The van der Waals surface area contributed by atoms with Crippen LogP contribution in [-0.4, -0.2) is 48.9 Å². The number of ether oxygens (including phenoxy) is 1. The smallest absolute Gasteiger partial charge is 0.325 e. The maximum absolute atomic E-state index is 12.6. The molecule has 28 heavy (non-hydrogen) atoms. The third-order valence-electron chi connectivity index (χ3n) is 4.67. The largest absolute Gasteiger partial charge is 0.468 e. The number of benzene rings is 2. The fourth-order valence-electron chi connectivity index (χ4n) is 3.04. The molecule has 2 aromatic rings. The number of hydrogen-bond acceptors (Lipinski definition) is 5. The first-order valence-electron chi connectivity index (χ1n) is 9.11. The fraction of sp³-hybridized carbons (Fsp3) is 0.286. The summed E-state index contributed by atoms with van der Waals surface area (Å²) in [6.45, 7) is 1.40. The minimum Gasteiger partial charge on any atom is -0.468 e. The Hall–Kier alpha value is -3.19. The zero-order valence-corrected chi connectivity index (χ0v) is 15.7. The molecule has 1 aliphatic heterocycles. The molecule has 146 valence electrons. The number of carbonyl (C=O) groups is 3. The molecule has 0 bridgehead atoms. The lowest BCUT2D eigenvalue weighted by Gasteiger charge is -2.39. The van der Waals surface area contributed by atoms with E-state index in [1.807, 2.05) is 30.3 Å². The summed E-state index contributed by atoms with van der Waals surface area (Å²) in [5.41, 5.74) is 2.07. The number of nitrogens with one attached hydrogen (secondary N) is 2. The monoisotopic (exact) mass is 381 g/mol. The van der Waals surface area contributed by atoms with Gasteiger partial charge in [-0.2, -0.15) is 0 Å². The van der Waals surface area contributed by atoms with Crippen molar-refractivity contribution in [3.05, 3.63) is 65.7 Å². The molecule has 1 fully saturated rings. The Morgan fingerprint density at radius 2 is 1.89 bits per heavy atom. The molecule has 2 N–H and O–H groups in total. The van der Waals surface area contributed by atoms with E-state index in [9.17, 15) is 14.4 Å². The van der Waals surface area contributed by atoms with Gasteiger partial charge >= 0.3 is 5.97 Å². The van der Waals surface area contributed by atoms with Crippen LogP contribution in [0.1, 0.15) is 22.3 Å². The second-order valence-electron chi connectivity index (χ2n) is 6.59. The molecule has 1 atom stereocenters. The van der Waals surface area contributed by atoms with E-state index in [0.29, 0.717) is 11.3 Å². The Balaban J connectivity index is 1.57. The predicted octanol–water partition coefficient (Wildman–Crippen LogP) is 1.80. The summed E-state index contributed by atoms with van der Waals surface area (Å²) in [6.07, 6.45) is 0.804. The average Bonchev–Trinajstić information content (AvgIpc) is 2.70. The number of esters is 1. The van der Waals surface area contributed by atoms with Crippen molar-refractivity contribution < 1.29 is 19.1 Å². The van der Waals surface area contributed by atoms with Gasteiger partial charge in [-0.15, -0.1) is 0 Å². The van der Waals surface area contributed by atoms with Gasteiger partial charge in [-0.05, 0) is 30.2 Å². The number of anilines is 1. The number of rotatable bonds is 7. The van der Waals surface area contributed by atoms with E-state index in [-0.39, 0.29) is 18.5 Å². The Kier molecular flexibility index (Phi) is 6.39. The molecule has 0 unspecified atom stereocenters. The highest BCUT2D eigenvalue weighted by molar-refractivity contribution is 5.99. The third-order valence-corrected chi connectivity index (χ3v) is 4.67. The molecule has 0 saturated carbocycles. The van der Waals surface area contributed by atoms with Crippen molar-refractivity contribution in [1.29, 1.82) is 0 Å². The lowest BCUT2D eigenvalue weighted by Crippen LogP contribution is -2.53. The highest BCUT2D eigenvalue weighted by atomic mass is 16.5. The van der Waals surface area contributed by atoms with Crippen molar-refractivity contribution in [2.45, 2.75) is 19.0 Å². The van der Waals surface area contributed by atoms with Crippen LogP contribution >= 0.6 is 0 Å². The molecule has 1 aliphatic rings. The molecule has 0 spiro atoms. The average molecular weight is 381 g/mol. The Morgan fingerprint density at radius 1 is 1.11 bits per heavy atom. The molecule has 0 aliphatic carbocycles. The van der Waals surface area contributed by atoms with E-state index in [0.717, 1.165) is 19.5 Å². The normalized spacial score (nSPS) is 16.0. The molecule has 1 heterocycles. The van der Waals surface area contributed by atoms with Crippen LogP contribution in [-0.2, 0) is 20.9 Å². The van der Waals surface area contributed by atoms with Crippen molar-refractivity contribution in [2.75, 3.05) is 25.5 Å². The third kappa shape index (κ3) is 4.95. The van der Waals surface area contributed by atoms with Crippen LogP contribution in [0.3, 0.4) is 0 Å². The van der Waals surface area contributed by atoms with Gasteiger partial charge in [0.25, 0.3) is 5.91 Å². The number of carbonyl (C=O) groups excluding carboxylic acids is 3. The first-order chi connectivity index (χ1) is 13.6. The fourth-order valence-corrected chi connectivity index (χ4v) is 3.04. The van der Waals surface area contributed by atoms with E-state index in [4.69, 9.17) is 0 Å². The van der Waals surface area contributed by atoms with Crippen LogP contribution in [0.25, 0.3) is 0 Å². The Labute approximate surface area is 163 Å². The second-order valence-corrected chi connectivity index (χ2v) is 6.59. The zero-order valence-electron chi connectivity index (χ0n) is 15.7. The standard InChI is InChI=1S/C21H23N3O4/c1-28-19(25)13-22-20(26)16-8-5-9-17(12-16)23-21(27)18-10-11-24(18)14-15-6-3-2-4-7-15/h2-9,12,18H,10-11,13-14H2,1H3,(H,22,26)(H,23,27)/t18-/m0/s1. The van der Waals surface area contributed by atoms with Crippen LogP contribution in [0.15, 0.2) is 54.6 Å². The van der Waals surface area contributed by atoms with Gasteiger partial charge in [-0.25, -0.2) is 0 Å². The zero-order chi connectivity index (χ0) is 19.9. The van der Waals surface area contributed by atoms with Crippen LogP contribution in [0.4, 0.5) is 5.69 Å². The predicted molar refractivity (Wildman–Crippen MR) is 105 cm³/mol. The molecule has 0 radical (unpaired) electrons. The van der Waals surface area contributed by atoms with Gasteiger partial charge in [0.05, 0.1) is 13.2 Å². The number of methoxy groups -OCH3 is 1. The van der Waals surface area contributed by atoms with Gasteiger partial charge < -0.3 is 15.4 Å². The summed E-state index contributed by atoms with van der Waals surface area (Å²) in [6, 6.07) is 16.5. The van der Waals surface area contributed by atoms with Crippen molar-refractivity contribution in [1.82, 2.24) is 10.2 Å². The van der Waals surface area contributed by atoms with Gasteiger partial charge in [0, 0.05) is 24.3 Å². The van der Waals surface area contributed by atoms with Crippen LogP contribution < -0.4 is 10.6 Å². The lowest BCUT2D eigenvalue weighted by atomic mass is 10.0. The first kappa shape index (κ1) is 19.6. The summed E-state index contributed by atoms with van der Waals surface area (Å²) < 4.78 is 4.50. The van der Waals surface area contributed by atoms with Crippen molar-refractivity contribution in [3.63, 3.8) is 0 Å². The summed E-state index contributed by atoms with van der Waals surface area (Å²) in [5, 5.41) is 5.35. The van der Waals surface area contributed by atoms with Crippen LogP contribution in [0.5, 0.6) is 0 Å². The van der Waals surface area contributed by atoms with E-state index in [1.54, 1.807) is 24.3 Å². The summed E-state index contributed by atoms with van der Waals surface area (Å²) in [7, 11) is 1.26. The van der Waals surface area contributed by atoms with Crippen molar-refractivity contribution in [3.8, 4) is 0 Å². The van der Waals surface area contributed by atoms with Crippen molar-refractivity contribution >= 4 is 23.5 Å². The first-order valence-corrected chi connectivity index (χ1v) is 9.11. The van der Waals surface area contributed by atoms with Gasteiger partial charge in [0.15, 0.2) is 0 Å². The molecule has 1 saturated heterocycles. The quantitative estimate of drug-likeness (QED) is 0.714. The molecule has 2 aromatic carbocycles. The number of amides is 2. The maximum Gasteiger partial charge on any atom is 0.325 e.